The van der Waals surface area contributed by atoms with E-state index in [1.54, 1.807) is 0 Å². The molecule has 28 heavy (non-hydrogen) atoms. The van der Waals surface area contributed by atoms with Gasteiger partial charge in [0.15, 0.2) is 23.0 Å². The Balaban J connectivity index is 2.23. The number of hydrogen-bond donors (Lipinski definition) is 6. The molecule has 0 saturated heterocycles. The van der Waals surface area contributed by atoms with E-state index in [9.17, 15) is 40.2 Å². The fourth-order valence-corrected chi connectivity index (χ4v) is 3.04. The summed E-state index contributed by atoms with van der Waals surface area (Å²) in [5.41, 5.74) is -0.731. The monoisotopic (exact) mass is 386 g/mol. The van der Waals surface area contributed by atoms with Crippen molar-refractivity contribution in [3.05, 3.63) is 35.8 Å². The summed E-state index contributed by atoms with van der Waals surface area (Å²) in [5, 5.41) is 57.9. The summed E-state index contributed by atoms with van der Waals surface area (Å²) >= 11 is 0. The third kappa shape index (κ3) is 2.28. The number of phenols is 4. The van der Waals surface area contributed by atoms with Crippen LogP contribution in [0.4, 0.5) is 0 Å². The first-order chi connectivity index (χ1) is 13.2. The molecule has 0 radical (unpaired) electrons. The maximum atomic E-state index is 11.7. The molecule has 0 fully saturated rings. The summed E-state index contributed by atoms with van der Waals surface area (Å²) in [7, 11) is 0. The zero-order valence-corrected chi connectivity index (χ0v) is 13.6. The molecule has 0 unspecified atom stereocenters. The van der Waals surface area contributed by atoms with Gasteiger partial charge in [0.1, 0.15) is 11.2 Å². The molecule has 0 aliphatic carbocycles. The van der Waals surface area contributed by atoms with Crippen LogP contribution in [0.2, 0.25) is 0 Å². The van der Waals surface area contributed by atoms with Gasteiger partial charge in [0.2, 0.25) is 11.5 Å². The largest absolute Gasteiger partial charge is 0.504 e. The minimum Gasteiger partial charge on any atom is -0.504 e. The molecule has 4 aromatic rings. The predicted octanol–water partition coefficient (Wildman–Crippen LogP) is 3.06. The Bertz CT molecular complexity index is 1210. The first kappa shape index (κ1) is 17.1. The van der Waals surface area contributed by atoms with Crippen LogP contribution < -0.4 is 0 Å². The van der Waals surface area contributed by atoms with Crippen LogP contribution >= 0.6 is 0 Å². The Morgan fingerprint density at radius 3 is 1.25 bits per heavy atom. The Morgan fingerprint density at radius 2 is 0.929 bits per heavy atom. The summed E-state index contributed by atoms with van der Waals surface area (Å²) in [6.07, 6.45) is 0. The van der Waals surface area contributed by atoms with E-state index in [4.69, 9.17) is 8.83 Å². The lowest BCUT2D eigenvalue weighted by atomic mass is 9.98. The molecular formula is C18H10O10. The SMILES string of the molecule is O=C(O)c1oc2cc(O)c(O)cc2c1-c1c(C(=O)O)oc2cc(O)c(O)cc12. The quantitative estimate of drug-likeness (QED) is 0.286. The topological polar surface area (TPSA) is 182 Å². The van der Waals surface area contributed by atoms with Gasteiger partial charge in [-0.15, -0.1) is 0 Å². The molecule has 10 nitrogen and oxygen atoms in total. The number of carboxylic acids is 2. The van der Waals surface area contributed by atoms with E-state index in [1.807, 2.05) is 0 Å². The summed E-state index contributed by atoms with van der Waals surface area (Å²) < 4.78 is 10.5. The van der Waals surface area contributed by atoms with E-state index in [-0.39, 0.29) is 33.1 Å². The van der Waals surface area contributed by atoms with Crippen molar-refractivity contribution in [1.29, 1.82) is 0 Å². The third-order valence-electron chi connectivity index (χ3n) is 4.21. The zero-order chi connectivity index (χ0) is 20.3. The highest BCUT2D eigenvalue weighted by molar-refractivity contribution is 6.16. The molecule has 0 spiro atoms. The van der Waals surface area contributed by atoms with Crippen molar-refractivity contribution in [2.45, 2.75) is 0 Å². The number of benzene rings is 2. The molecule has 4 rings (SSSR count). The minimum atomic E-state index is -1.54. The molecule has 6 N–H and O–H groups in total. The van der Waals surface area contributed by atoms with Crippen LogP contribution in [-0.4, -0.2) is 42.6 Å². The summed E-state index contributed by atoms with van der Waals surface area (Å²) in [6.45, 7) is 0. The van der Waals surface area contributed by atoms with Gasteiger partial charge in [-0.2, -0.15) is 0 Å². The van der Waals surface area contributed by atoms with Gasteiger partial charge in [0.25, 0.3) is 0 Å². The van der Waals surface area contributed by atoms with Crippen LogP contribution in [0.1, 0.15) is 21.1 Å². The lowest BCUT2D eigenvalue weighted by Gasteiger charge is -2.02. The molecule has 2 aromatic heterocycles. The second-order valence-corrected chi connectivity index (χ2v) is 5.90. The highest BCUT2D eigenvalue weighted by atomic mass is 16.4. The van der Waals surface area contributed by atoms with Gasteiger partial charge >= 0.3 is 11.9 Å². The second kappa shape index (κ2) is 5.58. The van der Waals surface area contributed by atoms with Crippen molar-refractivity contribution in [3.63, 3.8) is 0 Å². The van der Waals surface area contributed by atoms with Crippen molar-refractivity contribution in [2.24, 2.45) is 0 Å². The van der Waals surface area contributed by atoms with Gasteiger partial charge in [-0.05, 0) is 12.1 Å². The standard InChI is InChI=1S/C18H10O10/c19-7-1-5-11(3-9(7)21)27-15(17(23)24)13(5)14-6-2-8(20)10(22)4-12(6)28-16(14)18(25)26/h1-4,19-22H,(H,23,24)(H,25,26). The fourth-order valence-electron chi connectivity index (χ4n) is 3.04. The minimum absolute atomic E-state index is 0.00883. The summed E-state index contributed by atoms with van der Waals surface area (Å²) in [6, 6.07) is 3.99. The number of hydrogen-bond acceptors (Lipinski definition) is 8. The maximum absolute atomic E-state index is 11.7. The van der Waals surface area contributed by atoms with Crippen LogP contribution in [0.15, 0.2) is 33.1 Å². The van der Waals surface area contributed by atoms with Crippen molar-refractivity contribution in [1.82, 2.24) is 0 Å². The van der Waals surface area contributed by atoms with E-state index in [2.05, 4.69) is 0 Å². The number of aromatic hydroxyl groups is 4. The van der Waals surface area contributed by atoms with Gasteiger partial charge in [-0.1, -0.05) is 0 Å². The van der Waals surface area contributed by atoms with Crippen molar-refractivity contribution in [2.75, 3.05) is 0 Å². The maximum Gasteiger partial charge on any atom is 0.372 e. The van der Waals surface area contributed by atoms with E-state index in [0.29, 0.717) is 0 Å². The van der Waals surface area contributed by atoms with Gasteiger partial charge in [0, 0.05) is 34.0 Å². The molecule has 0 amide bonds. The van der Waals surface area contributed by atoms with Crippen LogP contribution in [0.5, 0.6) is 23.0 Å². The number of fused-ring (bicyclic) bond motifs is 2. The molecular weight excluding hydrogens is 376 g/mol. The van der Waals surface area contributed by atoms with Gasteiger partial charge < -0.3 is 39.5 Å². The van der Waals surface area contributed by atoms with Crippen LogP contribution in [0.25, 0.3) is 33.1 Å². The van der Waals surface area contributed by atoms with Crippen LogP contribution in [0, 0.1) is 0 Å². The number of rotatable bonds is 3. The number of aromatic carboxylic acids is 2. The number of carboxylic acid groups (broad SMARTS) is 2. The fraction of sp³-hybridized carbons (Fsp3) is 0. The highest BCUT2D eigenvalue weighted by Gasteiger charge is 2.31. The van der Waals surface area contributed by atoms with Gasteiger partial charge in [0.05, 0.1) is 0 Å². The molecule has 2 heterocycles. The molecule has 0 bridgehead atoms. The lowest BCUT2D eigenvalue weighted by Crippen LogP contribution is -2.00. The lowest BCUT2D eigenvalue weighted by molar-refractivity contribution is 0.0653. The van der Waals surface area contributed by atoms with Crippen molar-refractivity contribution in [3.8, 4) is 34.1 Å². The summed E-state index contributed by atoms with van der Waals surface area (Å²) in [4.78, 5) is 23.4. The molecule has 10 heteroatoms. The van der Waals surface area contributed by atoms with Crippen molar-refractivity contribution < 1.29 is 49.1 Å². The highest BCUT2D eigenvalue weighted by Crippen LogP contribution is 2.46. The average Bonchev–Trinajstić information content (AvgIpc) is 3.14. The van der Waals surface area contributed by atoms with E-state index in [0.717, 1.165) is 24.3 Å². The number of phenolic OH excluding ortho intramolecular Hbond substituents is 4. The Kier molecular flexibility index (Phi) is 3.40. The molecule has 0 atom stereocenters. The first-order valence-electron chi connectivity index (χ1n) is 7.63. The first-order valence-corrected chi connectivity index (χ1v) is 7.63. The normalized spacial score (nSPS) is 11.3. The average molecular weight is 386 g/mol. The Hall–Kier alpha value is -4.34. The molecule has 2 aromatic carbocycles. The van der Waals surface area contributed by atoms with Crippen LogP contribution in [0.3, 0.4) is 0 Å². The van der Waals surface area contributed by atoms with Gasteiger partial charge in [-0.25, -0.2) is 9.59 Å². The predicted molar refractivity (Wildman–Crippen MR) is 92.0 cm³/mol. The Labute approximate surface area is 153 Å². The van der Waals surface area contributed by atoms with E-state index >= 15 is 0 Å². The molecule has 142 valence electrons. The second-order valence-electron chi connectivity index (χ2n) is 5.90. The van der Waals surface area contributed by atoms with Crippen LogP contribution in [-0.2, 0) is 0 Å². The molecule has 0 aliphatic heterocycles. The number of carbonyl (C=O) groups is 2. The smallest absolute Gasteiger partial charge is 0.372 e. The summed E-state index contributed by atoms with van der Waals surface area (Å²) in [5.74, 6) is -6.73. The number of furan rings is 2. The molecule has 0 saturated carbocycles. The Morgan fingerprint density at radius 1 is 0.607 bits per heavy atom. The van der Waals surface area contributed by atoms with Gasteiger partial charge in [-0.3, -0.25) is 0 Å². The molecule has 0 aliphatic rings. The zero-order valence-electron chi connectivity index (χ0n) is 13.6. The van der Waals surface area contributed by atoms with E-state index < -0.39 is 46.5 Å². The third-order valence-corrected chi connectivity index (χ3v) is 4.21. The van der Waals surface area contributed by atoms with E-state index in [1.165, 1.54) is 0 Å². The van der Waals surface area contributed by atoms with Crippen molar-refractivity contribution >= 4 is 33.9 Å².